The molecule has 3 rings (SSSR count). The highest BCUT2D eigenvalue weighted by molar-refractivity contribution is 5.82. The Kier molecular flexibility index (Phi) is 11.6. The SMILES string of the molecule is CCCCCCCCCCOc1ccc(C=Nc2ccc(OCC3=CCOCC3)cc2)cc1. The van der Waals surface area contributed by atoms with Crippen molar-refractivity contribution in [1.29, 1.82) is 0 Å². The molecule has 0 saturated carbocycles. The first-order valence-electron chi connectivity index (χ1n) is 12.6. The Hall–Kier alpha value is -2.59. The second-order valence-electron chi connectivity index (χ2n) is 8.62. The largest absolute Gasteiger partial charge is 0.494 e. The van der Waals surface area contributed by atoms with Gasteiger partial charge in [-0.15, -0.1) is 0 Å². The van der Waals surface area contributed by atoms with Crippen LogP contribution >= 0.6 is 0 Å². The molecular formula is C29H39NO3. The molecule has 0 saturated heterocycles. The van der Waals surface area contributed by atoms with E-state index >= 15 is 0 Å². The van der Waals surface area contributed by atoms with Crippen molar-refractivity contribution in [3.8, 4) is 11.5 Å². The van der Waals surface area contributed by atoms with E-state index in [1.165, 1.54) is 50.5 Å². The van der Waals surface area contributed by atoms with Crippen LogP contribution in [0.1, 0.15) is 70.3 Å². The molecule has 0 radical (unpaired) electrons. The highest BCUT2D eigenvalue weighted by Crippen LogP contribution is 2.20. The van der Waals surface area contributed by atoms with Crippen LogP contribution in [0.5, 0.6) is 11.5 Å². The Labute approximate surface area is 199 Å². The van der Waals surface area contributed by atoms with Gasteiger partial charge in [-0.3, -0.25) is 4.99 Å². The third-order valence-corrected chi connectivity index (χ3v) is 5.83. The maximum Gasteiger partial charge on any atom is 0.119 e. The highest BCUT2D eigenvalue weighted by Gasteiger charge is 2.04. The van der Waals surface area contributed by atoms with Gasteiger partial charge in [-0.2, -0.15) is 0 Å². The van der Waals surface area contributed by atoms with E-state index in [1.807, 2.05) is 54.7 Å². The van der Waals surface area contributed by atoms with E-state index in [-0.39, 0.29) is 0 Å². The monoisotopic (exact) mass is 449 g/mol. The summed E-state index contributed by atoms with van der Waals surface area (Å²) in [4.78, 5) is 4.57. The van der Waals surface area contributed by atoms with Gasteiger partial charge in [0.25, 0.3) is 0 Å². The first-order chi connectivity index (χ1) is 16.3. The van der Waals surface area contributed by atoms with Crippen LogP contribution < -0.4 is 9.47 Å². The zero-order valence-electron chi connectivity index (χ0n) is 20.1. The molecule has 1 aliphatic rings. The van der Waals surface area contributed by atoms with E-state index in [4.69, 9.17) is 14.2 Å². The van der Waals surface area contributed by atoms with Gasteiger partial charge in [-0.05, 0) is 72.5 Å². The third kappa shape index (κ3) is 10.3. The minimum absolute atomic E-state index is 0.624. The summed E-state index contributed by atoms with van der Waals surface area (Å²) in [5.74, 6) is 1.79. The average Bonchev–Trinajstić information content (AvgIpc) is 2.87. The molecule has 0 spiro atoms. The second kappa shape index (κ2) is 15.3. The molecular weight excluding hydrogens is 410 g/mol. The van der Waals surface area contributed by atoms with Crippen LogP contribution in [-0.4, -0.2) is 32.6 Å². The Morgan fingerprint density at radius 2 is 1.48 bits per heavy atom. The van der Waals surface area contributed by atoms with Gasteiger partial charge in [0, 0.05) is 6.21 Å². The fourth-order valence-corrected chi connectivity index (χ4v) is 3.73. The molecule has 0 atom stereocenters. The minimum atomic E-state index is 0.624. The molecule has 0 N–H and O–H groups in total. The normalized spacial score (nSPS) is 13.8. The lowest BCUT2D eigenvalue weighted by molar-refractivity contribution is 0.150. The van der Waals surface area contributed by atoms with Gasteiger partial charge in [0.1, 0.15) is 18.1 Å². The second-order valence-corrected chi connectivity index (χ2v) is 8.62. The smallest absolute Gasteiger partial charge is 0.119 e. The van der Waals surface area contributed by atoms with Gasteiger partial charge >= 0.3 is 0 Å². The molecule has 0 unspecified atom stereocenters. The molecule has 178 valence electrons. The fraction of sp³-hybridized carbons (Fsp3) is 0.483. The topological polar surface area (TPSA) is 40.0 Å². The number of benzene rings is 2. The summed E-state index contributed by atoms with van der Waals surface area (Å²) >= 11 is 0. The van der Waals surface area contributed by atoms with Crippen molar-refractivity contribution in [2.24, 2.45) is 4.99 Å². The zero-order chi connectivity index (χ0) is 23.0. The highest BCUT2D eigenvalue weighted by atomic mass is 16.5. The summed E-state index contributed by atoms with van der Waals surface area (Å²) in [6.45, 7) is 5.16. The number of hydrogen-bond donors (Lipinski definition) is 0. The number of hydrogen-bond acceptors (Lipinski definition) is 4. The number of ether oxygens (including phenoxy) is 3. The van der Waals surface area contributed by atoms with Crippen LogP contribution in [0.25, 0.3) is 0 Å². The van der Waals surface area contributed by atoms with Gasteiger partial charge in [-0.1, -0.05) is 57.9 Å². The lowest BCUT2D eigenvalue weighted by atomic mass is 10.1. The first-order valence-corrected chi connectivity index (χ1v) is 12.6. The molecule has 1 aliphatic heterocycles. The zero-order valence-corrected chi connectivity index (χ0v) is 20.1. The number of nitrogens with zero attached hydrogens (tertiary/aromatic N) is 1. The van der Waals surface area contributed by atoms with Crippen molar-refractivity contribution in [3.63, 3.8) is 0 Å². The predicted octanol–water partition coefficient (Wildman–Crippen LogP) is 7.68. The van der Waals surface area contributed by atoms with E-state index in [0.29, 0.717) is 13.2 Å². The van der Waals surface area contributed by atoms with Gasteiger partial charge in [-0.25, -0.2) is 0 Å². The van der Waals surface area contributed by atoms with Crippen molar-refractivity contribution < 1.29 is 14.2 Å². The van der Waals surface area contributed by atoms with Crippen LogP contribution in [0.4, 0.5) is 5.69 Å². The molecule has 1 heterocycles. The Morgan fingerprint density at radius 3 is 2.18 bits per heavy atom. The molecule has 2 aromatic rings. The first kappa shape index (κ1) is 25.0. The lowest BCUT2D eigenvalue weighted by Crippen LogP contribution is -2.10. The summed E-state index contributed by atoms with van der Waals surface area (Å²) in [6.07, 6.45) is 15.5. The maximum absolute atomic E-state index is 5.88. The number of unbranched alkanes of at least 4 members (excludes halogenated alkanes) is 7. The van der Waals surface area contributed by atoms with E-state index in [1.54, 1.807) is 0 Å². The van der Waals surface area contributed by atoms with Crippen molar-refractivity contribution in [2.45, 2.75) is 64.7 Å². The minimum Gasteiger partial charge on any atom is -0.494 e. The fourth-order valence-electron chi connectivity index (χ4n) is 3.73. The van der Waals surface area contributed by atoms with E-state index in [0.717, 1.165) is 48.8 Å². The Balaban J connectivity index is 1.32. The summed E-state index contributed by atoms with van der Waals surface area (Å²) in [5, 5.41) is 0. The van der Waals surface area contributed by atoms with Gasteiger partial charge in [0.2, 0.25) is 0 Å². The lowest BCUT2D eigenvalue weighted by Gasteiger charge is -2.14. The molecule has 0 aromatic heterocycles. The molecule has 0 fully saturated rings. The maximum atomic E-state index is 5.88. The number of aliphatic imine (C=N–C) groups is 1. The standard InChI is InChI=1S/C29H39NO3/c1-2-3-4-5-6-7-8-9-20-32-28-14-10-25(11-15-28)23-30-27-12-16-29(17-13-27)33-24-26-18-21-31-22-19-26/h10-18,23H,2-9,19-22,24H2,1H3. The van der Waals surface area contributed by atoms with Crippen LogP contribution in [-0.2, 0) is 4.74 Å². The van der Waals surface area contributed by atoms with Crippen molar-refractivity contribution >= 4 is 11.9 Å². The van der Waals surface area contributed by atoms with Crippen LogP contribution in [0.2, 0.25) is 0 Å². The summed E-state index contributed by atoms with van der Waals surface area (Å²) < 4.78 is 17.1. The molecule has 4 heteroatoms. The third-order valence-electron chi connectivity index (χ3n) is 5.83. The molecule has 0 aliphatic carbocycles. The summed E-state index contributed by atoms with van der Waals surface area (Å²) in [7, 11) is 0. The van der Waals surface area contributed by atoms with Crippen LogP contribution in [0.3, 0.4) is 0 Å². The Morgan fingerprint density at radius 1 is 0.818 bits per heavy atom. The van der Waals surface area contributed by atoms with Gasteiger partial charge in [0.15, 0.2) is 0 Å². The van der Waals surface area contributed by atoms with Crippen molar-refractivity contribution in [3.05, 3.63) is 65.7 Å². The van der Waals surface area contributed by atoms with E-state index in [2.05, 4.69) is 18.0 Å². The number of rotatable bonds is 15. The molecule has 4 nitrogen and oxygen atoms in total. The van der Waals surface area contributed by atoms with Crippen molar-refractivity contribution in [2.75, 3.05) is 26.4 Å². The molecule has 0 amide bonds. The molecule has 33 heavy (non-hydrogen) atoms. The van der Waals surface area contributed by atoms with Gasteiger partial charge in [0.05, 0.1) is 25.5 Å². The van der Waals surface area contributed by atoms with Crippen LogP contribution in [0.15, 0.2) is 65.2 Å². The van der Waals surface area contributed by atoms with E-state index < -0.39 is 0 Å². The quantitative estimate of drug-likeness (QED) is 0.159. The Bertz CT molecular complexity index is 840. The predicted molar refractivity (Wildman–Crippen MR) is 137 cm³/mol. The van der Waals surface area contributed by atoms with Crippen LogP contribution in [0, 0.1) is 0 Å². The van der Waals surface area contributed by atoms with Gasteiger partial charge < -0.3 is 14.2 Å². The average molecular weight is 450 g/mol. The summed E-state index contributed by atoms with van der Waals surface area (Å²) in [5.41, 5.74) is 3.26. The summed E-state index contributed by atoms with van der Waals surface area (Å²) in [6, 6.07) is 16.0. The van der Waals surface area contributed by atoms with E-state index in [9.17, 15) is 0 Å². The molecule has 2 aromatic carbocycles. The van der Waals surface area contributed by atoms with Crippen molar-refractivity contribution in [1.82, 2.24) is 0 Å². The molecule has 0 bridgehead atoms.